The third-order valence-electron chi connectivity index (χ3n) is 4.98. The van der Waals surface area contributed by atoms with Crippen LogP contribution < -0.4 is 5.32 Å². The third kappa shape index (κ3) is 3.68. The Balaban J connectivity index is 1.32. The van der Waals surface area contributed by atoms with Crippen molar-refractivity contribution in [3.05, 3.63) is 24.4 Å². The predicted molar refractivity (Wildman–Crippen MR) is 89.2 cm³/mol. The molecule has 1 aliphatic carbocycles. The molecule has 1 amide bonds. The number of nitrogens with one attached hydrogen (secondary N) is 1. The van der Waals surface area contributed by atoms with E-state index in [9.17, 15) is 4.79 Å². The standard InChI is InChI=1S/C17H22N6O2/c24-16(5-12-3-1-2-4-12)20-8-14-9-23-15(10-25-14)17(21-22-23)13-6-18-11-19-7-13/h6-7,11-12,14H,1-5,8-10H2,(H,20,24)/t14-/m1/s1. The van der Waals surface area contributed by atoms with Crippen LogP contribution in [0.3, 0.4) is 0 Å². The Labute approximate surface area is 146 Å². The highest BCUT2D eigenvalue weighted by Gasteiger charge is 2.25. The number of fused-ring (bicyclic) bond motifs is 1. The summed E-state index contributed by atoms with van der Waals surface area (Å²) in [4.78, 5) is 20.1. The van der Waals surface area contributed by atoms with Crippen molar-refractivity contribution in [3.8, 4) is 11.3 Å². The Kier molecular flexibility index (Phi) is 4.69. The highest BCUT2D eigenvalue weighted by atomic mass is 16.5. The first kappa shape index (κ1) is 16.1. The Bertz CT molecular complexity index is 726. The third-order valence-corrected chi connectivity index (χ3v) is 4.98. The zero-order valence-corrected chi connectivity index (χ0v) is 14.1. The zero-order valence-electron chi connectivity index (χ0n) is 14.1. The van der Waals surface area contributed by atoms with Gasteiger partial charge in [-0.05, 0) is 18.8 Å². The molecule has 0 spiro atoms. The fourth-order valence-electron chi connectivity index (χ4n) is 3.61. The van der Waals surface area contributed by atoms with E-state index in [4.69, 9.17) is 4.74 Å². The highest BCUT2D eigenvalue weighted by molar-refractivity contribution is 5.76. The van der Waals surface area contributed by atoms with Gasteiger partial charge in [-0.25, -0.2) is 14.6 Å². The van der Waals surface area contributed by atoms with Gasteiger partial charge in [0.05, 0.1) is 24.9 Å². The van der Waals surface area contributed by atoms with Crippen LogP contribution in [0, 0.1) is 5.92 Å². The molecule has 1 atom stereocenters. The topological polar surface area (TPSA) is 94.8 Å². The summed E-state index contributed by atoms with van der Waals surface area (Å²) in [5, 5.41) is 11.4. The van der Waals surface area contributed by atoms with Crippen molar-refractivity contribution in [2.75, 3.05) is 6.54 Å². The Hall–Kier alpha value is -2.35. The molecule has 8 nitrogen and oxygen atoms in total. The molecule has 1 saturated carbocycles. The average molecular weight is 342 g/mol. The number of carbonyl (C=O) groups is 1. The van der Waals surface area contributed by atoms with Crippen LogP contribution in [0.1, 0.15) is 37.8 Å². The number of rotatable bonds is 5. The summed E-state index contributed by atoms with van der Waals surface area (Å²) in [7, 11) is 0. The summed E-state index contributed by atoms with van der Waals surface area (Å²) < 4.78 is 7.74. The summed E-state index contributed by atoms with van der Waals surface area (Å²) in [5.74, 6) is 0.687. The van der Waals surface area contributed by atoms with Crippen LogP contribution in [-0.4, -0.2) is 43.5 Å². The molecule has 132 valence electrons. The van der Waals surface area contributed by atoms with Crippen molar-refractivity contribution in [1.29, 1.82) is 0 Å². The maximum Gasteiger partial charge on any atom is 0.220 e. The Morgan fingerprint density at radius 2 is 2.08 bits per heavy atom. The fraction of sp³-hybridized carbons (Fsp3) is 0.588. The molecule has 0 unspecified atom stereocenters. The van der Waals surface area contributed by atoms with Gasteiger partial charge in [-0.15, -0.1) is 5.10 Å². The molecular formula is C17H22N6O2. The number of ether oxygens (including phenoxy) is 1. The lowest BCUT2D eigenvalue weighted by Gasteiger charge is -2.24. The van der Waals surface area contributed by atoms with Gasteiger partial charge in [0.2, 0.25) is 5.91 Å². The lowest BCUT2D eigenvalue weighted by atomic mass is 10.0. The molecule has 2 aliphatic rings. The Morgan fingerprint density at radius 1 is 1.28 bits per heavy atom. The monoisotopic (exact) mass is 342 g/mol. The number of aromatic nitrogens is 5. The fourth-order valence-corrected chi connectivity index (χ4v) is 3.61. The van der Waals surface area contributed by atoms with Crippen LogP contribution in [-0.2, 0) is 22.7 Å². The second-order valence-electron chi connectivity index (χ2n) is 6.79. The van der Waals surface area contributed by atoms with Gasteiger partial charge in [0, 0.05) is 30.9 Å². The second-order valence-corrected chi connectivity index (χ2v) is 6.79. The average Bonchev–Trinajstić information content (AvgIpc) is 3.30. The van der Waals surface area contributed by atoms with Crippen LogP contribution in [0.4, 0.5) is 0 Å². The molecule has 25 heavy (non-hydrogen) atoms. The molecule has 8 heteroatoms. The van der Waals surface area contributed by atoms with Gasteiger partial charge in [-0.3, -0.25) is 4.79 Å². The van der Waals surface area contributed by atoms with E-state index in [0.29, 0.717) is 32.0 Å². The molecule has 1 N–H and O–H groups in total. The van der Waals surface area contributed by atoms with Crippen LogP contribution in [0.15, 0.2) is 18.7 Å². The minimum Gasteiger partial charge on any atom is -0.368 e. The minimum atomic E-state index is -0.0819. The normalized spacial score (nSPS) is 20.4. The van der Waals surface area contributed by atoms with E-state index < -0.39 is 0 Å². The Morgan fingerprint density at radius 3 is 2.88 bits per heavy atom. The number of hydrogen-bond donors (Lipinski definition) is 1. The van der Waals surface area contributed by atoms with E-state index in [1.54, 1.807) is 12.4 Å². The number of carbonyl (C=O) groups excluding carboxylic acids is 1. The van der Waals surface area contributed by atoms with Crippen LogP contribution in [0.25, 0.3) is 11.3 Å². The van der Waals surface area contributed by atoms with E-state index in [-0.39, 0.29) is 12.0 Å². The van der Waals surface area contributed by atoms with Gasteiger partial charge in [-0.1, -0.05) is 18.1 Å². The quantitative estimate of drug-likeness (QED) is 0.881. The minimum absolute atomic E-state index is 0.0819. The first-order chi connectivity index (χ1) is 12.3. The van der Waals surface area contributed by atoms with E-state index in [1.165, 1.54) is 32.0 Å². The van der Waals surface area contributed by atoms with E-state index in [2.05, 4.69) is 25.6 Å². The van der Waals surface area contributed by atoms with Gasteiger partial charge in [0.15, 0.2) is 0 Å². The molecule has 2 aromatic heterocycles. The summed E-state index contributed by atoms with van der Waals surface area (Å²) in [6.45, 7) is 1.51. The van der Waals surface area contributed by atoms with Gasteiger partial charge >= 0.3 is 0 Å². The van der Waals surface area contributed by atoms with Crippen molar-refractivity contribution in [3.63, 3.8) is 0 Å². The van der Waals surface area contributed by atoms with Crippen molar-refractivity contribution >= 4 is 5.91 Å². The molecule has 0 aromatic carbocycles. The predicted octanol–water partition coefficient (Wildman–Crippen LogP) is 1.33. The molecule has 3 heterocycles. The number of hydrogen-bond acceptors (Lipinski definition) is 6. The maximum atomic E-state index is 12.1. The van der Waals surface area contributed by atoms with Crippen molar-refractivity contribution in [2.45, 2.75) is 51.4 Å². The van der Waals surface area contributed by atoms with Crippen molar-refractivity contribution in [2.24, 2.45) is 5.92 Å². The van der Waals surface area contributed by atoms with Crippen LogP contribution in [0.5, 0.6) is 0 Å². The van der Waals surface area contributed by atoms with E-state index in [1.807, 2.05) is 4.68 Å². The molecule has 2 aromatic rings. The largest absolute Gasteiger partial charge is 0.368 e. The van der Waals surface area contributed by atoms with E-state index in [0.717, 1.165) is 17.0 Å². The molecule has 0 saturated heterocycles. The van der Waals surface area contributed by atoms with Crippen LogP contribution in [0.2, 0.25) is 0 Å². The summed E-state index contributed by atoms with van der Waals surface area (Å²) in [6.07, 6.45) is 10.4. The SMILES string of the molecule is O=C(CC1CCCC1)NC[C@@H]1Cn2nnc(-c3cncnc3)c2CO1. The first-order valence-electron chi connectivity index (χ1n) is 8.85. The maximum absolute atomic E-state index is 12.1. The molecule has 1 aliphatic heterocycles. The first-order valence-corrected chi connectivity index (χ1v) is 8.85. The number of amides is 1. The summed E-state index contributed by atoms with van der Waals surface area (Å²) >= 11 is 0. The van der Waals surface area contributed by atoms with Gasteiger partial charge in [-0.2, -0.15) is 0 Å². The summed E-state index contributed by atoms with van der Waals surface area (Å²) in [6, 6.07) is 0. The number of nitrogens with zero attached hydrogens (tertiary/aromatic N) is 5. The summed E-state index contributed by atoms with van der Waals surface area (Å²) in [5.41, 5.74) is 2.50. The molecule has 1 fully saturated rings. The van der Waals surface area contributed by atoms with Crippen molar-refractivity contribution < 1.29 is 9.53 Å². The van der Waals surface area contributed by atoms with Crippen LogP contribution >= 0.6 is 0 Å². The second kappa shape index (κ2) is 7.26. The van der Waals surface area contributed by atoms with Gasteiger partial charge < -0.3 is 10.1 Å². The molecule has 0 bridgehead atoms. The molecule has 4 rings (SSSR count). The van der Waals surface area contributed by atoms with E-state index >= 15 is 0 Å². The smallest absolute Gasteiger partial charge is 0.220 e. The van der Waals surface area contributed by atoms with Gasteiger partial charge in [0.1, 0.15) is 12.0 Å². The molecule has 0 radical (unpaired) electrons. The molecular weight excluding hydrogens is 320 g/mol. The highest BCUT2D eigenvalue weighted by Crippen LogP contribution is 2.27. The lowest BCUT2D eigenvalue weighted by Crippen LogP contribution is -2.39. The van der Waals surface area contributed by atoms with Crippen molar-refractivity contribution in [1.82, 2.24) is 30.3 Å². The zero-order chi connectivity index (χ0) is 17.1. The lowest BCUT2D eigenvalue weighted by molar-refractivity contribution is -0.123. The van der Waals surface area contributed by atoms with Gasteiger partial charge in [0.25, 0.3) is 0 Å².